The molecule has 1 heterocycles. The lowest BCUT2D eigenvalue weighted by Gasteiger charge is -1.92. The van der Waals surface area contributed by atoms with Gasteiger partial charge in [-0.1, -0.05) is 13.0 Å². The summed E-state index contributed by atoms with van der Waals surface area (Å²) < 4.78 is 5.09. The smallest absolute Gasteiger partial charge is 0.181 e. The zero-order valence-corrected chi connectivity index (χ0v) is 6.24. The average molecular weight is 146 g/mol. The molecule has 0 N–H and O–H groups in total. The quantitative estimate of drug-likeness (QED) is 0.617. The fourth-order valence-electron chi connectivity index (χ4n) is 1.05. The van der Waals surface area contributed by atoms with Gasteiger partial charge in [0.25, 0.3) is 0 Å². The SMILES string of the molecule is C[CH]c1ccc2ocnc2c1. The van der Waals surface area contributed by atoms with E-state index in [1.807, 2.05) is 31.5 Å². The normalized spacial score (nSPS) is 10.6. The minimum absolute atomic E-state index is 0.843. The lowest BCUT2D eigenvalue weighted by Crippen LogP contribution is -1.75. The number of benzene rings is 1. The summed E-state index contributed by atoms with van der Waals surface area (Å²) >= 11 is 0. The van der Waals surface area contributed by atoms with Crippen LogP contribution in [0.5, 0.6) is 0 Å². The van der Waals surface area contributed by atoms with E-state index < -0.39 is 0 Å². The van der Waals surface area contributed by atoms with Crippen molar-refractivity contribution in [3.8, 4) is 0 Å². The number of hydrogen-bond donors (Lipinski definition) is 0. The number of hydrogen-bond acceptors (Lipinski definition) is 2. The highest BCUT2D eigenvalue weighted by molar-refractivity contribution is 5.73. The Hall–Kier alpha value is -1.31. The van der Waals surface area contributed by atoms with Crippen molar-refractivity contribution in [2.45, 2.75) is 6.92 Å². The molecule has 0 saturated carbocycles. The highest BCUT2D eigenvalue weighted by Crippen LogP contribution is 2.14. The molecule has 0 bridgehead atoms. The summed E-state index contributed by atoms with van der Waals surface area (Å²) in [6.07, 6.45) is 3.50. The van der Waals surface area contributed by atoms with Gasteiger partial charge in [-0.3, -0.25) is 0 Å². The van der Waals surface area contributed by atoms with Crippen LogP contribution in [0, 0.1) is 6.42 Å². The van der Waals surface area contributed by atoms with Crippen LogP contribution >= 0.6 is 0 Å². The molecule has 2 nitrogen and oxygen atoms in total. The molecule has 1 aromatic carbocycles. The van der Waals surface area contributed by atoms with Gasteiger partial charge in [0, 0.05) is 0 Å². The predicted molar refractivity (Wildman–Crippen MR) is 43.1 cm³/mol. The molecule has 0 unspecified atom stereocenters. The van der Waals surface area contributed by atoms with Gasteiger partial charge in [-0.2, -0.15) is 0 Å². The van der Waals surface area contributed by atoms with Crippen molar-refractivity contribution in [3.05, 3.63) is 36.6 Å². The minimum atomic E-state index is 0.843. The third kappa shape index (κ3) is 1.00. The van der Waals surface area contributed by atoms with E-state index in [1.54, 1.807) is 0 Å². The number of fused-ring (bicyclic) bond motifs is 1. The lowest BCUT2D eigenvalue weighted by atomic mass is 10.1. The van der Waals surface area contributed by atoms with Crippen molar-refractivity contribution in [3.63, 3.8) is 0 Å². The van der Waals surface area contributed by atoms with Gasteiger partial charge in [0.2, 0.25) is 0 Å². The van der Waals surface area contributed by atoms with Gasteiger partial charge in [0.1, 0.15) is 5.52 Å². The van der Waals surface area contributed by atoms with E-state index in [1.165, 1.54) is 12.0 Å². The molecule has 0 aliphatic heterocycles. The van der Waals surface area contributed by atoms with Crippen LogP contribution < -0.4 is 0 Å². The topological polar surface area (TPSA) is 26.0 Å². The van der Waals surface area contributed by atoms with Crippen LogP contribution in [0.4, 0.5) is 0 Å². The molecule has 0 atom stereocenters. The van der Waals surface area contributed by atoms with Gasteiger partial charge in [-0.05, 0) is 24.1 Å². The zero-order valence-electron chi connectivity index (χ0n) is 6.24. The van der Waals surface area contributed by atoms with E-state index in [4.69, 9.17) is 4.42 Å². The van der Waals surface area contributed by atoms with E-state index in [9.17, 15) is 0 Å². The van der Waals surface area contributed by atoms with Gasteiger partial charge < -0.3 is 4.42 Å². The first-order chi connectivity index (χ1) is 5.40. The van der Waals surface area contributed by atoms with Crippen LogP contribution in [0.25, 0.3) is 11.1 Å². The van der Waals surface area contributed by atoms with Crippen molar-refractivity contribution in [1.82, 2.24) is 4.98 Å². The molecular formula is C9H8NO. The standard InChI is InChI=1S/C9H8NO/c1-2-7-3-4-9-8(5-7)10-6-11-9/h2-6H,1H3. The summed E-state index contributed by atoms with van der Waals surface area (Å²) in [5.74, 6) is 0. The first kappa shape index (κ1) is 6.40. The zero-order chi connectivity index (χ0) is 7.68. The maximum atomic E-state index is 5.09. The summed E-state index contributed by atoms with van der Waals surface area (Å²) in [7, 11) is 0. The molecule has 0 amide bonds. The summed E-state index contributed by atoms with van der Waals surface area (Å²) in [6.45, 7) is 2.00. The Balaban J connectivity index is 2.67. The van der Waals surface area contributed by atoms with Crippen LogP contribution in [0.2, 0.25) is 0 Å². The first-order valence-electron chi connectivity index (χ1n) is 3.53. The Morgan fingerprint density at radius 3 is 3.18 bits per heavy atom. The van der Waals surface area contributed by atoms with Gasteiger partial charge in [0.05, 0.1) is 0 Å². The molecule has 0 aliphatic rings. The van der Waals surface area contributed by atoms with E-state index in [0.29, 0.717) is 0 Å². The molecule has 55 valence electrons. The molecule has 2 rings (SSSR count). The van der Waals surface area contributed by atoms with Crippen molar-refractivity contribution in [1.29, 1.82) is 0 Å². The van der Waals surface area contributed by atoms with E-state index in [2.05, 4.69) is 4.98 Å². The fraction of sp³-hybridized carbons (Fsp3) is 0.111. The maximum Gasteiger partial charge on any atom is 0.181 e. The largest absolute Gasteiger partial charge is 0.443 e. The Kier molecular flexibility index (Phi) is 1.39. The van der Waals surface area contributed by atoms with Crippen LogP contribution in [0.1, 0.15) is 12.5 Å². The summed E-state index contributed by atoms with van der Waals surface area (Å²) in [5, 5.41) is 0. The molecule has 0 spiro atoms. The number of rotatable bonds is 1. The Morgan fingerprint density at radius 1 is 1.45 bits per heavy atom. The number of nitrogens with zero attached hydrogens (tertiary/aromatic N) is 1. The van der Waals surface area contributed by atoms with Gasteiger partial charge in [-0.25, -0.2) is 4.98 Å². The average Bonchev–Trinajstić information content (AvgIpc) is 2.50. The Morgan fingerprint density at radius 2 is 2.36 bits per heavy atom. The minimum Gasteiger partial charge on any atom is -0.443 e. The predicted octanol–water partition coefficient (Wildman–Crippen LogP) is 2.40. The second kappa shape index (κ2) is 2.38. The number of aromatic nitrogens is 1. The summed E-state index contributed by atoms with van der Waals surface area (Å²) in [4.78, 5) is 4.04. The van der Waals surface area contributed by atoms with Crippen LogP contribution in [0.15, 0.2) is 29.0 Å². The Labute approximate surface area is 64.9 Å². The number of oxazole rings is 1. The molecule has 2 heteroatoms. The van der Waals surface area contributed by atoms with Crippen molar-refractivity contribution in [2.24, 2.45) is 0 Å². The van der Waals surface area contributed by atoms with Crippen molar-refractivity contribution < 1.29 is 4.42 Å². The molecule has 1 aromatic heterocycles. The molecule has 11 heavy (non-hydrogen) atoms. The van der Waals surface area contributed by atoms with Crippen LogP contribution in [0.3, 0.4) is 0 Å². The highest BCUT2D eigenvalue weighted by Gasteiger charge is 1.97. The Bertz CT molecular complexity index is 364. The molecule has 0 aliphatic carbocycles. The van der Waals surface area contributed by atoms with Crippen LogP contribution in [-0.4, -0.2) is 4.98 Å². The molecule has 1 radical (unpaired) electrons. The molecule has 0 fully saturated rings. The summed E-state index contributed by atoms with van der Waals surface area (Å²) in [6, 6.07) is 5.93. The second-order valence-corrected chi connectivity index (χ2v) is 2.37. The molecule has 2 aromatic rings. The van der Waals surface area contributed by atoms with Gasteiger partial charge in [-0.15, -0.1) is 0 Å². The third-order valence-electron chi connectivity index (χ3n) is 1.69. The van der Waals surface area contributed by atoms with Crippen LogP contribution in [-0.2, 0) is 0 Å². The molecular weight excluding hydrogens is 138 g/mol. The van der Waals surface area contributed by atoms with E-state index >= 15 is 0 Å². The second-order valence-electron chi connectivity index (χ2n) is 2.37. The monoisotopic (exact) mass is 146 g/mol. The van der Waals surface area contributed by atoms with Gasteiger partial charge in [0.15, 0.2) is 12.0 Å². The van der Waals surface area contributed by atoms with E-state index in [0.717, 1.165) is 11.1 Å². The van der Waals surface area contributed by atoms with E-state index in [-0.39, 0.29) is 0 Å². The van der Waals surface area contributed by atoms with Gasteiger partial charge >= 0.3 is 0 Å². The third-order valence-corrected chi connectivity index (χ3v) is 1.69. The summed E-state index contributed by atoms with van der Waals surface area (Å²) in [5.41, 5.74) is 2.93. The highest BCUT2D eigenvalue weighted by atomic mass is 16.3. The first-order valence-corrected chi connectivity index (χ1v) is 3.53. The fourth-order valence-corrected chi connectivity index (χ4v) is 1.05. The lowest BCUT2D eigenvalue weighted by molar-refractivity contribution is 0.602. The van der Waals surface area contributed by atoms with Crippen molar-refractivity contribution >= 4 is 11.1 Å². The maximum absolute atomic E-state index is 5.09. The van der Waals surface area contributed by atoms with Crippen molar-refractivity contribution in [2.75, 3.05) is 0 Å². The molecule has 0 saturated heterocycles.